The first-order valence-corrected chi connectivity index (χ1v) is 10.5. The fourth-order valence-corrected chi connectivity index (χ4v) is 4.17. The minimum absolute atomic E-state index is 0.224. The third-order valence-corrected chi connectivity index (χ3v) is 5.74. The van der Waals surface area contributed by atoms with Crippen molar-refractivity contribution in [1.29, 1.82) is 0 Å². The van der Waals surface area contributed by atoms with E-state index in [1.54, 1.807) is 0 Å². The Hall–Kier alpha value is -1.51. The van der Waals surface area contributed by atoms with Gasteiger partial charge >= 0.3 is 0 Å². The third-order valence-electron chi connectivity index (χ3n) is 5.36. The first-order valence-electron chi connectivity index (χ1n) is 9.72. The van der Waals surface area contributed by atoms with Gasteiger partial charge in [0.2, 0.25) is 0 Å². The highest BCUT2D eigenvalue weighted by Crippen LogP contribution is 2.36. The summed E-state index contributed by atoms with van der Waals surface area (Å²) in [4.78, 5) is 4.06. The van der Waals surface area contributed by atoms with Crippen LogP contribution in [0.2, 0.25) is 5.02 Å². The molecule has 2 nitrogen and oxygen atoms in total. The van der Waals surface area contributed by atoms with Crippen LogP contribution in [-0.4, -0.2) is 11.8 Å². The lowest BCUT2D eigenvalue weighted by Crippen LogP contribution is -2.20. The van der Waals surface area contributed by atoms with E-state index in [0.29, 0.717) is 10.7 Å². The van der Waals surface area contributed by atoms with Crippen LogP contribution < -0.4 is 0 Å². The van der Waals surface area contributed by atoms with Crippen LogP contribution in [0.4, 0.5) is 5.69 Å². The lowest BCUT2D eigenvalue weighted by Gasteiger charge is -2.29. The van der Waals surface area contributed by atoms with Crippen molar-refractivity contribution in [2.24, 2.45) is 10.9 Å². The standard InChI is InChI=1S/C23H26ClNOS/c1-3-4-5-17-6-11-22(26-14-17)19-9-7-18(8-10-19)20-12-16(2)23(25-15-27)21(24)13-20/h7-10,12-13,17,22H,3-6,11,14H2,1-2H3. The van der Waals surface area contributed by atoms with Crippen LogP contribution in [0.25, 0.3) is 11.1 Å². The van der Waals surface area contributed by atoms with Crippen molar-refractivity contribution in [3.63, 3.8) is 0 Å². The van der Waals surface area contributed by atoms with E-state index >= 15 is 0 Å². The molecule has 3 rings (SSSR count). The Bertz CT molecular complexity index is 796. The molecule has 4 heteroatoms. The molecular formula is C23H26ClNOS. The van der Waals surface area contributed by atoms with E-state index in [1.807, 2.05) is 13.0 Å². The molecule has 0 amide bonds. The molecule has 27 heavy (non-hydrogen) atoms. The first-order chi connectivity index (χ1) is 13.1. The molecule has 2 aromatic rings. The molecule has 1 saturated heterocycles. The topological polar surface area (TPSA) is 21.6 Å². The molecule has 2 aromatic carbocycles. The van der Waals surface area contributed by atoms with Crippen LogP contribution in [0.15, 0.2) is 41.4 Å². The Morgan fingerprint density at radius 3 is 2.56 bits per heavy atom. The van der Waals surface area contributed by atoms with Gasteiger partial charge in [0.25, 0.3) is 0 Å². The second-order valence-electron chi connectivity index (χ2n) is 7.36. The molecule has 0 N–H and O–H groups in total. The van der Waals surface area contributed by atoms with Crippen LogP contribution in [-0.2, 0) is 4.74 Å². The monoisotopic (exact) mass is 399 g/mol. The molecule has 2 unspecified atom stereocenters. The number of rotatable bonds is 6. The molecule has 0 radical (unpaired) electrons. The fraction of sp³-hybridized carbons (Fsp3) is 0.435. The quantitative estimate of drug-likeness (QED) is 0.366. The van der Waals surface area contributed by atoms with E-state index in [0.717, 1.165) is 35.6 Å². The highest BCUT2D eigenvalue weighted by Gasteiger charge is 2.22. The molecule has 0 aliphatic carbocycles. The van der Waals surface area contributed by atoms with Gasteiger partial charge in [0.1, 0.15) is 0 Å². The number of ether oxygens (including phenoxy) is 1. The minimum atomic E-state index is 0.224. The maximum absolute atomic E-state index is 6.37. The van der Waals surface area contributed by atoms with E-state index in [1.165, 1.54) is 31.2 Å². The van der Waals surface area contributed by atoms with Gasteiger partial charge in [-0.25, -0.2) is 0 Å². The number of benzene rings is 2. The first kappa shape index (κ1) is 20.2. The van der Waals surface area contributed by atoms with E-state index in [9.17, 15) is 0 Å². The number of unbranched alkanes of at least 4 members (excludes halogenated alkanes) is 1. The van der Waals surface area contributed by atoms with Crippen molar-refractivity contribution in [3.05, 3.63) is 52.5 Å². The maximum atomic E-state index is 6.37. The van der Waals surface area contributed by atoms with E-state index in [4.69, 9.17) is 28.6 Å². The summed E-state index contributed by atoms with van der Waals surface area (Å²) in [6.45, 7) is 5.13. The Morgan fingerprint density at radius 1 is 1.19 bits per heavy atom. The van der Waals surface area contributed by atoms with Crippen molar-refractivity contribution in [2.75, 3.05) is 6.61 Å². The predicted molar refractivity (Wildman–Crippen MR) is 117 cm³/mol. The molecule has 0 aromatic heterocycles. The van der Waals surface area contributed by atoms with Crippen molar-refractivity contribution in [1.82, 2.24) is 0 Å². The van der Waals surface area contributed by atoms with Crippen molar-refractivity contribution >= 4 is 34.7 Å². The molecule has 142 valence electrons. The number of thiocarbonyl (C=S) groups is 1. The van der Waals surface area contributed by atoms with Gasteiger partial charge in [-0.05, 0) is 78.7 Å². The number of hydrogen-bond acceptors (Lipinski definition) is 3. The fourth-order valence-electron chi connectivity index (χ4n) is 3.77. The number of halogens is 1. The molecule has 0 saturated carbocycles. The Balaban J connectivity index is 1.70. The summed E-state index contributed by atoms with van der Waals surface area (Å²) >= 11 is 11.1. The summed E-state index contributed by atoms with van der Waals surface area (Å²) in [7, 11) is 0. The average Bonchev–Trinajstić information content (AvgIpc) is 2.69. The minimum Gasteiger partial charge on any atom is -0.373 e. The summed E-state index contributed by atoms with van der Waals surface area (Å²) in [5.74, 6) is 0.735. The smallest absolute Gasteiger partial charge is 0.0955 e. The molecule has 1 aliphatic heterocycles. The van der Waals surface area contributed by atoms with Gasteiger partial charge in [0.05, 0.1) is 28.6 Å². The zero-order chi connectivity index (χ0) is 19.2. The average molecular weight is 400 g/mol. The second-order valence-corrected chi connectivity index (χ2v) is 7.95. The predicted octanol–water partition coefficient (Wildman–Crippen LogP) is 7.71. The number of nitrogens with zero attached hydrogens (tertiary/aromatic N) is 1. The van der Waals surface area contributed by atoms with Crippen LogP contribution in [0.1, 0.15) is 56.3 Å². The normalized spacial score (nSPS) is 19.5. The van der Waals surface area contributed by atoms with E-state index < -0.39 is 0 Å². The number of aliphatic imine (C=N–C) groups is 1. The van der Waals surface area contributed by atoms with Crippen molar-refractivity contribution in [3.8, 4) is 11.1 Å². The van der Waals surface area contributed by atoms with Gasteiger partial charge in [0, 0.05) is 0 Å². The zero-order valence-corrected chi connectivity index (χ0v) is 17.6. The van der Waals surface area contributed by atoms with Gasteiger partial charge in [-0.2, -0.15) is 4.99 Å². The van der Waals surface area contributed by atoms with Gasteiger partial charge in [0.15, 0.2) is 0 Å². The van der Waals surface area contributed by atoms with Gasteiger partial charge in [-0.1, -0.05) is 55.6 Å². The molecule has 1 aliphatic rings. The molecule has 1 fully saturated rings. The number of hydrogen-bond donors (Lipinski definition) is 0. The highest BCUT2D eigenvalue weighted by molar-refractivity contribution is 7.78. The van der Waals surface area contributed by atoms with Gasteiger partial charge < -0.3 is 4.74 Å². The largest absolute Gasteiger partial charge is 0.373 e. The van der Waals surface area contributed by atoms with Crippen LogP contribution in [0.3, 0.4) is 0 Å². The van der Waals surface area contributed by atoms with Crippen molar-refractivity contribution < 1.29 is 4.74 Å². The Labute approximate surface area is 172 Å². The molecule has 2 atom stereocenters. The maximum Gasteiger partial charge on any atom is 0.0955 e. The number of isothiocyanates is 1. The Morgan fingerprint density at radius 2 is 1.96 bits per heavy atom. The summed E-state index contributed by atoms with van der Waals surface area (Å²) in [6, 6.07) is 12.7. The van der Waals surface area contributed by atoms with Crippen LogP contribution >= 0.6 is 23.8 Å². The van der Waals surface area contributed by atoms with Crippen LogP contribution in [0, 0.1) is 12.8 Å². The molecule has 1 heterocycles. The van der Waals surface area contributed by atoms with Gasteiger partial charge in [-0.3, -0.25) is 0 Å². The molecular weight excluding hydrogens is 374 g/mol. The molecule has 0 spiro atoms. The SMILES string of the molecule is CCCCC1CCC(c2ccc(-c3cc(C)c(N=C=S)c(Cl)c3)cc2)OC1. The highest BCUT2D eigenvalue weighted by atomic mass is 35.5. The summed E-state index contributed by atoms with van der Waals surface area (Å²) in [6.07, 6.45) is 6.48. The van der Waals surface area contributed by atoms with Gasteiger partial charge in [-0.15, -0.1) is 0 Å². The lowest BCUT2D eigenvalue weighted by molar-refractivity contribution is -0.0197. The van der Waals surface area contributed by atoms with Crippen LogP contribution in [0.5, 0.6) is 0 Å². The lowest BCUT2D eigenvalue weighted by atomic mass is 9.90. The second kappa shape index (κ2) is 9.61. The van der Waals surface area contributed by atoms with Crippen molar-refractivity contribution in [2.45, 2.75) is 52.1 Å². The third kappa shape index (κ3) is 5.06. The summed E-state index contributed by atoms with van der Waals surface area (Å²) < 4.78 is 6.15. The Kier molecular flexibility index (Phi) is 7.20. The van der Waals surface area contributed by atoms with E-state index in [2.05, 4.69) is 47.4 Å². The summed E-state index contributed by atoms with van der Waals surface area (Å²) in [5.41, 5.74) is 5.17. The molecule has 0 bridgehead atoms. The number of aryl methyl sites for hydroxylation is 1. The summed E-state index contributed by atoms with van der Waals surface area (Å²) in [5, 5.41) is 2.99. The zero-order valence-electron chi connectivity index (χ0n) is 16.0. The van der Waals surface area contributed by atoms with E-state index in [-0.39, 0.29) is 6.10 Å².